The van der Waals surface area contributed by atoms with Crippen LogP contribution in [0.5, 0.6) is 0 Å². The van der Waals surface area contributed by atoms with Crippen molar-refractivity contribution < 1.29 is 18.0 Å². The summed E-state index contributed by atoms with van der Waals surface area (Å²) in [4.78, 5) is 14.7. The number of halogens is 3. The standard InChI is InChI=1S/C21H23F3N2O/c1-15(16-8-10-17(11-9-16)21(22,23)24)14-20(27)25-18-6-2-3-7-19(18)26-12-4-5-13-26/h2-3,6-11,15H,4-5,12-14H2,1H3,(H,25,27). The lowest BCUT2D eigenvalue weighted by Crippen LogP contribution is -2.21. The predicted octanol–water partition coefficient (Wildman–Crippen LogP) is 5.44. The van der Waals surface area contributed by atoms with Gasteiger partial charge < -0.3 is 10.2 Å². The Bertz CT molecular complexity index is 781. The normalized spacial score (nSPS) is 15.6. The molecule has 0 spiro atoms. The highest BCUT2D eigenvalue weighted by molar-refractivity contribution is 5.94. The van der Waals surface area contributed by atoms with Crippen LogP contribution in [-0.4, -0.2) is 19.0 Å². The second-order valence-electron chi connectivity index (χ2n) is 6.98. The van der Waals surface area contributed by atoms with Gasteiger partial charge in [0.15, 0.2) is 0 Å². The van der Waals surface area contributed by atoms with Crippen LogP contribution in [0.1, 0.15) is 43.2 Å². The molecular weight excluding hydrogens is 353 g/mol. The first-order valence-corrected chi connectivity index (χ1v) is 9.15. The fourth-order valence-electron chi connectivity index (χ4n) is 3.41. The molecule has 0 aromatic heterocycles. The summed E-state index contributed by atoms with van der Waals surface area (Å²) in [7, 11) is 0. The van der Waals surface area contributed by atoms with Gasteiger partial charge in [0, 0.05) is 19.5 Å². The summed E-state index contributed by atoms with van der Waals surface area (Å²) in [5.41, 5.74) is 1.84. The summed E-state index contributed by atoms with van der Waals surface area (Å²) in [6.07, 6.45) is -1.85. The van der Waals surface area contributed by atoms with Crippen molar-refractivity contribution in [1.82, 2.24) is 0 Å². The minimum atomic E-state index is -4.35. The van der Waals surface area contributed by atoms with Gasteiger partial charge in [0.05, 0.1) is 16.9 Å². The quantitative estimate of drug-likeness (QED) is 0.754. The highest BCUT2D eigenvalue weighted by Gasteiger charge is 2.30. The first-order chi connectivity index (χ1) is 12.8. The highest BCUT2D eigenvalue weighted by Crippen LogP contribution is 2.32. The van der Waals surface area contributed by atoms with Crippen LogP contribution in [0.25, 0.3) is 0 Å². The predicted molar refractivity (Wildman–Crippen MR) is 101 cm³/mol. The van der Waals surface area contributed by atoms with Gasteiger partial charge in [-0.3, -0.25) is 4.79 Å². The third kappa shape index (κ3) is 4.81. The van der Waals surface area contributed by atoms with Crippen molar-refractivity contribution in [1.29, 1.82) is 0 Å². The van der Waals surface area contributed by atoms with E-state index in [9.17, 15) is 18.0 Å². The molecule has 2 aromatic carbocycles. The minimum Gasteiger partial charge on any atom is -0.370 e. The van der Waals surface area contributed by atoms with E-state index in [2.05, 4.69) is 10.2 Å². The largest absolute Gasteiger partial charge is 0.416 e. The monoisotopic (exact) mass is 376 g/mol. The average molecular weight is 376 g/mol. The molecule has 0 aliphatic carbocycles. The van der Waals surface area contributed by atoms with Crippen LogP contribution in [0.3, 0.4) is 0 Å². The van der Waals surface area contributed by atoms with Gasteiger partial charge in [-0.2, -0.15) is 13.2 Å². The van der Waals surface area contributed by atoms with E-state index in [1.165, 1.54) is 12.1 Å². The molecule has 1 N–H and O–H groups in total. The number of nitrogens with one attached hydrogen (secondary N) is 1. The van der Waals surface area contributed by atoms with E-state index in [1.807, 2.05) is 31.2 Å². The Hall–Kier alpha value is -2.50. The maximum absolute atomic E-state index is 12.7. The average Bonchev–Trinajstić information content (AvgIpc) is 3.16. The molecule has 1 fully saturated rings. The molecule has 3 rings (SSSR count). The number of anilines is 2. The summed E-state index contributed by atoms with van der Waals surface area (Å²) in [5, 5.41) is 2.96. The van der Waals surface area contributed by atoms with Gasteiger partial charge in [-0.25, -0.2) is 0 Å². The molecule has 1 amide bonds. The van der Waals surface area contributed by atoms with Gasteiger partial charge in [-0.1, -0.05) is 31.2 Å². The number of carbonyl (C=O) groups is 1. The summed E-state index contributed by atoms with van der Waals surface area (Å²) < 4.78 is 38.0. The van der Waals surface area contributed by atoms with Crippen LogP contribution in [0, 0.1) is 0 Å². The number of rotatable bonds is 5. The Kier molecular flexibility index (Phi) is 5.73. The molecule has 0 saturated carbocycles. The molecule has 3 nitrogen and oxygen atoms in total. The van der Waals surface area contributed by atoms with Crippen LogP contribution >= 0.6 is 0 Å². The maximum atomic E-state index is 12.7. The van der Waals surface area contributed by atoms with Gasteiger partial charge in [-0.05, 0) is 48.6 Å². The van der Waals surface area contributed by atoms with Gasteiger partial charge in [0.25, 0.3) is 0 Å². The summed E-state index contributed by atoms with van der Waals surface area (Å²) in [6, 6.07) is 12.7. The van der Waals surface area contributed by atoms with Crippen molar-refractivity contribution in [3.8, 4) is 0 Å². The van der Waals surface area contributed by atoms with Gasteiger partial charge in [0.1, 0.15) is 0 Å². The van der Waals surface area contributed by atoms with Gasteiger partial charge >= 0.3 is 6.18 Å². The Morgan fingerprint density at radius 1 is 1.07 bits per heavy atom. The van der Waals surface area contributed by atoms with Crippen LogP contribution in [0.2, 0.25) is 0 Å². The fraction of sp³-hybridized carbons (Fsp3) is 0.381. The highest BCUT2D eigenvalue weighted by atomic mass is 19.4. The smallest absolute Gasteiger partial charge is 0.370 e. The molecule has 144 valence electrons. The first-order valence-electron chi connectivity index (χ1n) is 9.15. The molecule has 1 unspecified atom stereocenters. The van der Waals surface area contributed by atoms with Crippen LogP contribution in [0.15, 0.2) is 48.5 Å². The lowest BCUT2D eigenvalue weighted by atomic mass is 9.96. The second-order valence-corrected chi connectivity index (χ2v) is 6.98. The third-order valence-electron chi connectivity index (χ3n) is 4.92. The number of amides is 1. The summed E-state index contributed by atoms with van der Waals surface area (Å²) in [6.45, 7) is 3.80. The number of hydrogen-bond acceptors (Lipinski definition) is 2. The van der Waals surface area contributed by atoms with Crippen molar-refractivity contribution >= 4 is 17.3 Å². The minimum absolute atomic E-state index is 0.144. The van der Waals surface area contributed by atoms with E-state index in [0.29, 0.717) is 5.56 Å². The second kappa shape index (κ2) is 8.03. The van der Waals surface area contributed by atoms with E-state index in [-0.39, 0.29) is 18.2 Å². The van der Waals surface area contributed by atoms with Crippen LogP contribution in [0.4, 0.5) is 24.5 Å². The van der Waals surface area contributed by atoms with Crippen molar-refractivity contribution in [2.24, 2.45) is 0 Å². The van der Waals surface area contributed by atoms with Crippen molar-refractivity contribution in [2.75, 3.05) is 23.3 Å². The SMILES string of the molecule is CC(CC(=O)Nc1ccccc1N1CCCC1)c1ccc(C(F)(F)F)cc1. The number of nitrogens with zero attached hydrogens (tertiary/aromatic N) is 1. The zero-order chi connectivity index (χ0) is 19.4. The summed E-state index contributed by atoms with van der Waals surface area (Å²) >= 11 is 0. The zero-order valence-corrected chi connectivity index (χ0v) is 15.2. The molecule has 27 heavy (non-hydrogen) atoms. The van der Waals surface area contributed by atoms with E-state index >= 15 is 0 Å². The fourth-order valence-corrected chi connectivity index (χ4v) is 3.41. The molecule has 1 aliphatic rings. The lowest BCUT2D eigenvalue weighted by molar-refractivity contribution is -0.137. The molecule has 6 heteroatoms. The number of benzene rings is 2. The Morgan fingerprint density at radius 2 is 1.70 bits per heavy atom. The Balaban J connectivity index is 1.64. The Labute approximate surface area is 157 Å². The number of hydrogen-bond donors (Lipinski definition) is 1. The first kappa shape index (κ1) is 19.3. The van der Waals surface area contributed by atoms with E-state index in [1.54, 1.807) is 0 Å². The number of carbonyl (C=O) groups excluding carboxylic acids is 1. The molecule has 1 aliphatic heterocycles. The number of alkyl halides is 3. The van der Waals surface area contributed by atoms with Crippen molar-refractivity contribution in [3.63, 3.8) is 0 Å². The van der Waals surface area contributed by atoms with E-state index in [4.69, 9.17) is 0 Å². The van der Waals surface area contributed by atoms with Crippen LogP contribution < -0.4 is 10.2 Å². The lowest BCUT2D eigenvalue weighted by Gasteiger charge is -2.22. The molecule has 1 heterocycles. The molecule has 0 bridgehead atoms. The van der Waals surface area contributed by atoms with Crippen LogP contribution in [-0.2, 0) is 11.0 Å². The molecule has 1 saturated heterocycles. The van der Waals surface area contributed by atoms with Gasteiger partial charge in [0.2, 0.25) is 5.91 Å². The molecular formula is C21H23F3N2O. The third-order valence-corrected chi connectivity index (χ3v) is 4.92. The molecule has 1 atom stereocenters. The van der Waals surface area contributed by atoms with Gasteiger partial charge in [-0.15, -0.1) is 0 Å². The topological polar surface area (TPSA) is 32.3 Å². The summed E-state index contributed by atoms with van der Waals surface area (Å²) in [5.74, 6) is -0.319. The van der Waals surface area contributed by atoms with E-state index < -0.39 is 11.7 Å². The number of para-hydroxylation sites is 2. The van der Waals surface area contributed by atoms with E-state index in [0.717, 1.165) is 49.4 Å². The Morgan fingerprint density at radius 3 is 2.33 bits per heavy atom. The maximum Gasteiger partial charge on any atom is 0.416 e. The van der Waals surface area contributed by atoms with Crippen molar-refractivity contribution in [3.05, 3.63) is 59.7 Å². The molecule has 2 aromatic rings. The molecule has 0 radical (unpaired) electrons. The van der Waals surface area contributed by atoms with Crippen molar-refractivity contribution in [2.45, 2.75) is 38.3 Å². The zero-order valence-electron chi connectivity index (χ0n) is 15.2.